The summed E-state index contributed by atoms with van der Waals surface area (Å²) in [6, 6.07) is 24.0. The first-order valence-corrected chi connectivity index (χ1v) is 12.8. The summed E-state index contributed by atoms with van der Waals surface area (Å²) in [4.78, 5) is 12.4. The molecule has 142 valence electrons. The number of hydrogen-bond acceptors (Lipinski definition) is 4. The molecule has 0 atom stereocenters. The van der Waals surface area contributed by atoms with Crippen molar-refractivity contribution in [2.75, 3.05) is 0 Å². The van der Waals surface area contributed by atoms with Crippen molar-refractivity contribution >= 4 is 36.1 Å². The summed E-state index contributed by atoms with van der Waals surface area (Å²) in [5.41, 5.74) is 1.41. The summed E-state index contributed by atoms with van der Waals surface area (Å²) in [5, 5.41) is 0. The molecule has 0 N–H and O–H groups in total. The number of benzene rings is 3. The standard InChI is InChI=1S/C22H17IO4S/c1-18-12-14-21(15-13-18)28(25,26)27-23(20-10-6-3-7-11-20)17-16-22(24)19-8-4-2-5-9-19/h2-15H,1H3. The van der Waals surface area contributed by atoms with Crippen LogP contribution in [0.5, 0.6) is 0 Å². The molecule has 3 aromatic rings. The Kier molecular flexibility index (Phi) is 6.62. The molecule has 4 nitrogen and oxygen atoms in total. The fourth-order valence-corrected chi connectivity index (χ4v) is 7.82. The van der Waals surface area contributed by atoms with Gasteiger partial charge in [-0.3, -0.25) is 0 Å². The SMILES string of the molecule is Cc1ccc(S(=O)(=O)OI(C#CC(=O)c2ccccc2)c2ccccc2)cc1. The Morgan fingerprint density at radius 2 is 1.43 bits per heavy atom. The quantitative estimate of drug-likeness (QED) is 0.284. The Hall–Kier alpha value is -2.47. The summed E-state index contributed by atoms with van der Waals surface area (Å²) in [6.07, 6.45) is 0. The Morgan fingerprint density at radius 1 is 0.857 bits per heavy atom. The molecule has 0 aliphatic rings. The van der Waals surface area contributed by atoms with Gasteiger partial charge in [0, 0.05) is 0 Å². The van der Waals surface area contributed by atoms with Crippen LogP contribution in [-0.4, -0.2) is 14.2 Å². The molecule has 0 aliphatic carbocycles. The third-order valence-electron chi connectivity index (χ3n) is 3.67. The van der Waals surface area contributed by atoms with Crippen molar-refractivity contribution in [1.29, 1.82) is 0 Å². The molecule has 3 rings (SSSR count). The molecule has 0 radical (unpaired) electrons. The molecule has 0 aromatic heterocycles. The van der Waals surface area contributed by atoms with Crippen LogP contribution < -0.4 is 0 Å². The van der Waals surface area contributed by atoms with E-state index in [1.165, 1.54) is 12.1 Å². The van der Waals surface area contributed by atoms with Crippen LogP contribution in [0.4, 0.5) is 0 Å². The predicted molar refractivity (Wildman–Crippen MR) is 117 cm³/mol. The fourth-order valence-electron chi connectivity index (χ4n) is 2.21. The third-order valence-corrected chi connectivity index (χ3v) is 9.92. The van der Waals surface area contributed by atoms with Gasteiger partial charge in [-0.25, -0.2) is 0 Å². The molecule has 0 aliphatic heterocycles. The first kappa shape index (κ1) is 20.3. The van der Waals surface area contributed by atoms with Crippen molar-refractivity contribution in [3.63, 3.8) is 0 Å². The van der Waals surface area contributed by atoms with E-state index in [0.717, 1.165) is 5.56 Å². The summed E-state index contributed by atoms with van der Waals surface area (Å²) < 4.78 is 34.5. The van der Waals surface area contributed by atoms with Crippen molar-refractivity contribution in [3.8, 4) is 9.85 Å². The molecular weight excluding hydrogens is 487 g/mol. The molecule has 0 saturated heterocycles. The zero-order chi connectivity index (χ0) is 20.0. The van der Waals surface area contributed by atoms with Crippen LogP contribution >= 0.6 is 20.2 Å². The average molecular weight is 504 g/mol. The van der Waals surface area contributed by atoms with Gasteiger partial charge in [-0.05, 0) is 0 Å². The van der Waals surface area contributed by atoms with Crippen molar-refractivity contribution in [2.45, 2.75) is 11.8 Å². The van der Waals surface area contributed by atoms with Crippen LogP contribution in [0.2, 0.25) is 0 Å². The van der Waals surface area contributed by atoms with Crippen LogP contribution in [0, 0.1) is 20.3 Å². The number of aryl methyl sites for hydroxylation is 1. The predicted octanol–water partition coefficient (Wildman–Crippen LogP) is 4.84. The molecule has 3 aromatic carbocycles. The van der Waals surface area contributed by atoms with E-state index in [1.807, 2.05) is 19.1 Å². The Balaban J connectivity index is 1.92. The Morgan fingerprint density at radius 3 is 2.04 bits per heavy atom. The molecule has 0 heterocycles. The maximum absolute atomic E-state index is 12.7. The van der Waals surface area contributed by atoms with Gasteiger partial charge in [0.25, 0.3) is 0 Å². The van der Waals surface area contributed by atoms with Gasteiger partial charge in [0.15, 0.2) is 0 Å². The zero-order valence-corrected chi connectivity index (χ0v) is 18.0. The van der Waals surface area contributed by atoms with Crippen LogP contribution in [0.3, 0.4) is 0 Å². The van der Waals surface area contributed by atoms with Gasteiger partial charge < -0.3 is 0 Å². The van der Waals surface area contributed by atoms with Crippen LogP contribution in [0.1, 0.15) is 15.9 Å². The second kappa shape index (κ2) is 9.15. The van der Waals surface area contributed by atoms with Crippen molar-refractivity contribution in [1.82, 2.24) is 0 Å². The van der Waals surface area contributed by atoms with Crippen molar-refractivity contribution < 1.29 is 15.7 Å². The molecule has 0 spiro atoms. The van der Waals surface area contributed by atoms with Crippen LogP contribution in [0.25, 0.3) is 0 Å². The van der Waals surface area contributed by atoms with E-state index in [1.54, 1.807) is 60.7 Å². The van der Waals surface area contributed by atoms with Gasteiger partial charge in [-0.1, -0.05) is 0 Å². The normalized spacial score (nSPS) is 11.2. The van der Waals surface area contributed by atoms with E-state index >= 15 is 0 Å². The molecule has 6 heteroatoms. The Labute approximate surface area is 172 Å². The zero-order valence-electron chi connectivity index (χ0n) is 15.0. The molecular formula is C22H17IO4S. The summed E-state index contributed by atoms with van der Waals surface area (Å²) in [6.45, 7) is 1.88. The topological polar surface area (TPSA) is 60.4 Å². The number of ketones is 1. The number of carbonyl (C=O) groups is 1. The van der Waals surface area contributed by atoms with E-state index in [9.17, 15) is 13.2 Å². The van der Waals surface area contributed by atoms with Gasteiger partial charge in [-0.15, -0.1) is 0 Å². The number of carbonyl (C=O) groups excluding carboxylic acids is 1. The van der Waals surface area contributed by atoms with E-state index in [2.05, 4.69) is 9.85 Å². The van der Waals surface area contributed by atoms with E-state index in [4.69, 9.17) is 2.51 Å². The molecule has 0 saturated carbocycles. The molecule has 0 amide bonds. The number of halogens is 1. The van der Waals surface area contributed by atoms with E-state index in [0.29, 0.717) is 9.13 Å². The van der Waals surface area contributed by atoms with Gasteiger partial charge in [-0.2, -0.15) is 0 Å². The van der Waals surface area contributed by atoms with E-state index < -0.39 is 30.4 Å². The number of rotatable bonds is 5. The second-order valence-corrected chi connectivity index (χ2v) is 11.6. The minimum absolute atomic E-state index is 0.0764. The van der Waals surface area contributed by atoms with Gasteiger partial charge in [0.05, 0.1) is 0 Å². The summed E-state index contributed by atoms with van der Waals surface area (Å²) in [7, 11) is -3.98. The van der Waals surface area contributed by atoms with Crippen LogP contribution in [-0.2, 0) is 12.6 Å². The van der Waals surface area contributed by atoms with Crippen LogP contribution in [0.15, 0.2) is 89.8 Å². The Bertz CT molecular complexity index is 1110. The van der Waals surface area contributed by atoms with Gasteiger partial charge >= 0.3 is 173 Å². The first-order valence-electron chi connectivity index (χ1n) is 8.33. The molecule has 28 heavy (non-hydrogen) atoms. The first-order chi connectivity index (χ1) is 13.5. The summed E-state index contributed by atoms with van der Waals surface area (Å²) >= 11 is -2.96. The van der Waals surface area contributed by atoms with Crippen molar-refractivity contribution in [3.05, 3.63) is 99.6 Å². The summed E-state index contributed by atoms with van der Waals surface area (Å²) in [5.74, 6) is 2.21. The molecule has 0 bridgehead atoms. The molecule has 0 fully saturated rings. The van der Waals surface area contributed by atoms with Gasteiger partial charge in [0.1, 0.15) is 0 Å². The maximum atomic E-state index is 12.7. The fraction of sp³-hybridized carbons (Fsp3) is 0.0455. The van der Waals surface area contributed by atoms with Crippen molar-refractivity contribution in [2.24, 2.45) is 0 Å². The van der Waals surface area contributed by atoms with Gasteiger partial charge in [0.2, 0.25) is 0 Å². The minimum atomic E-state index is -3.98. The number of hydrogen-bond donors (Lipinski definition) is 0. The van der Waals surface area contributed by atoms with E-state index in [-0.39, 0.29) is 10.7 Å². The third kappa shape index (κ3) is 5.29. The second-order valence-electron chi connectivity index (χ2n) is 5.79. The monoisotopic (exact) mass is 504 g/mol. The molecule has 0 unspecified atom stereocenters. The number of Topliss-reactive ketones (excluding diaryl/α,β-unsaturated/α-hetero) is 1. The average Bonchev–Trinajstić information content (AvgIpc) is 2.72.